The third kappa shape index (κ3) is 3.66. The van der Waals surface area contributed by atoms with Crippen LogP contribution in [0.25, 0.3) is 0 Å². The first-order chi connectivity index (χ1) is 11.4. The SMILES string of the molecule is Cc1cc(C)n(CC(=O)N2CCC(Cc3ccc(F)c(C)c3)C2)n1. The molecule has 0 spiro atoms. The van der Waals surface area contributed by atoms with Crippen LogP contribution < -0.4 is 0 Å². The van der Waals surface area contributed by atoms with Gasteiger partial charge in [0.25, 0.3) is 0 Å². The number of halogens is 1. The Labute approximate surface area is 142 Å². The van der Waals surface area contributed by atoms with Gasteiger partial charge in [0.1, 0.15) is 12.4 Å². The third-order valence-electron chi connectivity index (χ3n) is 4.77. The molecule has 1 fully saturated rings. The maximum Gasteiger partial charge on any atom is 0.244 e. The topological polar surface area (TPSA) is 38.1 Å². The van der Waals surface area contributed by atoms with E-state index in [2.05, 4.69) is 5.10 Å². The third-order valence-corrected chi connectivity index (χ3v) is 4.77. The summed E-state index contributed by atoms with van der Waals surface area (Å²) in [5.41, 5.74) is 3.78. The predicted molar refractivity (Wildman–Crippen MR) is 91.2 cm³/mol. The van der Waals surface area contributed by atoms with Gasteiger partial charge in [0.2, 0.25) is 5.91 Å². The van der Waals surface area contributed by atoms with Crippen molar-refractivity contribution >= 4 is 5.91 Å². The van der Waals surface area contributed by atoms with E-state index in [1.807, 2.05) is 36.9 Å². The van der Waals surface area contributed by atoms with Crippen LogP contribution in [-0.4, -0.2) is 33.7 Å². The number of carbonyl (C=O) groups excluding carboxylic acids is 1. The van der Waals surface area contributed by atoms with Crippen LogP contribution in [-0.2, 0) is 17.8 Å². The Bertz CT molecular complexity index is 753. The summed E-state index contributed by atoms with van der Waals surface area (Å²) in [5, 5.41) is 4.36. The van der Waals surface area contributed by atoms with Crippen molar-refractivity contribution in [3.05, 3.63) is 52.6 Å². The average Bonchev–Trinajstić information content (AvgIpc) is 3.10. The van der Waals surface area contributed by atoms with Gasteiger partial charge in [0.05, 0.1) is 5.69 Å². The molecule has 2 aromatic rings. The lowest BCUT2D eigenvalue weighted by Crippen LogP contribution is -2.32. The van der Waals surface area contributed by atoms with Crippen LogP contribution in [0.5, 0.6) is 0 Å². The van der Waals surface area contributed by atoms with Gasteiger partial charge >= 0.3 is 0 Å². The fourth-order valence-electron chi connectivity index (χ4n) is 3.46. The molecule has 0 N–H and O–H groups in total. The lowest BCUT2D eigenvalue weighted by molar-refractivity contribution is -0.131. The first-order valence-electron chi connectivity index (χ1n) is 8.46. The van der Waals surface area contributed by atoms with Gasteiger partial charge in [0.15, 0.2) is 0 Å². The van der Waals surface area contributed by atoms with E-state index >= 15 is 0 Å². The van der Waals surface area contributed by atoms with Crippen molar-refractivity contribution in [3.8, 4) is 0 Å². The van der Waals surface area contributed by atoms with Gasteiger partial charge < -0.3 is 4.90 Å². The molecule has 4 nitrogen and oxygen atoms in total. The Hall–Kier alpha value is -2.17. The van der Waals surface area contributed by atoms with Crippen LogP contribution in [0.2, 0.25) is 0 Å². The van der Waals surface area contributed by atoms with E-state index in [0.717, 1.165) is 42.9 Å². The Kier molecular flexibility index (Phi) is 4.69. The fourth-order valence-corrected chi connectivity index (χ4v) is 3.46. The van der Waals surface area contributed by atoms with E-state index in [-0.39, 0.29) is 11.7 Å². The molecule has 1 amide bonds. The number of hydrogen-bond acceptors (Lipinski definition) is 2. The van der Waals surface area contributed by atoms with Gasteiger partial charge in [-0.15, -0.1) is 0 Å². The van der Waals surface area contributed by atoms with Crippen LogP contribution in [0, 0.1) is 32.5 Å². The predicted octanol–water partition coefficient (Wildman–Crippen LogP) is 3.04. The number of amides is 1. The van der Waals surface area contributed by atoms with Crippen molar-refractivity contribution < 1.29 is 9.18 Å². The van der Waals surface area contributed by atoms with E-state index in [0.29, 0.717) is 18.0 Å². The molecule has 2 heterocycles. The van der Waals surface area contributed by atoms with Crippen molar-refractivity contribution in [3.63, 3.8) is 0 Å². The number of hydrogen-bond donors (Lipinski definition) is 0. The molecule has 3 rings (SSSR count). The summed E-state index contributed by atoms with van der Waals surface area (Å²) in [6.07, 6.45) is 1.89. The minimum atomic E-state index is -0.160. The molecule has 1 aromatic carbocycles. The van der Waals surface area contributed by atoms with Crippen molar-refractivity contribution in [1.29, 1.82) is 0 Å². The lowest BCUT2D eigenvalue weighted by Gasteiger charge is -2.17. The van der Waals surface area contributed by atoms with E-state index in [1.54, 1.807) is 11.6 Å². The van der Waals surface area contributed by atoms with E-state index < -0.39 is 0 Å². The largest absolute Gasteiger partial charge is 0.341 e. The Morgan fingerprint density at radius 2 is 2.08 bits per heavy atom. The first-order valence-corrected chi connectivity index (χ1v) is 8.46. The number of aryl methyl sites for hydroxylation is 3. The molecule has 1 aliphatic rings. The monoisotopic (exact) mass is 329 g/mol. The zero-order valence-corrected chi connectivity index (χ0v) is 14.6. The molecule has 1 saturated heterocycles. The normalized spacial score (nSPS) is 17.5. The Morgan fingerprint density at radius 1 is 1.29 bits per heavy atom. The van der Waals surface area contributed by atoms with Crippen molar-refractivity contribution in [2.45, 2.75) is 40.2 Å². The molecule has 128 valence electrons. The van der Waals surface area contributed by atoms with Gasteiger partial charge in [-0.05, 0) is 62.8 Å². The summed E-state index contributed by atoms with van der Waals surface area (Å²) < 4.78 is 15.1. The van der Waals surface area contributed by atoms with E-state index in [1.165, 1.54) is 6.07 Å². The van der Waals surface area contributed by atoms with Crippen LogP contribution in [0.15, 0.2) is 24.3 Å². The van der Waals surface area contributed by atoms with Gasteiger partial charge in [0, 0.05) is 18.8 Å². The molecule has 0 bridgehead atoms. The zero-order valence-electron chi connectivity index (χ0n) is 14.6. The van der Waals surface area contributed by atoms with Gasteiger partial charge in [-0.1, -0.05) is 12.1 Å². The average molecular weight is 329 g/mol. The highest BCUT2D eigenvalue weighted by molar-refractivity contribution is 5.76. The first kappa shape index (κ1) is 16.7. The number of benzene rings is 1. The highest BCUT2D eigenvalue weighted by Gasteiger charge is 2.26. The number of carbonyl (C=O) groups is 1. The summed E-state index contributed by atoms with van der Waals surface area (Å²) in [5.74, 6) is 0.408. The molecule has 0 saturated carbocycles. The van der Waals surface area contributed by atoms with Crippen LogP contribution >= 0.6 is 0 Å². The maximum atomic E-state index is 13.4. The highest BCUT2D eigenvalue weighted by Crippen LogP contribution is 2.22. The van der Waals surface area contributed by atoms with Gasteiger partial charge in [-0.3, -0.25) is 9.48 Å². The molecule has 0 radical (unpaired) electrons. The van der Waals surface area contributed by atoms with Crippen molar-refractivity contribution in [2.24, 2.45) is 5.92 Å². The molecule has 1 aromatic heterocycles. The molecule has 1 atom stereocenters. The molecular formula is C19H24FN3O. The summed E-state index contributed by atoms with van der Waals surface area (Å²) in [4.78, 5) is 14.4. The quantitative estimate of drug-likeness (QED) is 0.865. The van der Waals surface area contributed by atoms with Gasteiger partial charge in [-0.25, -0.2) is 4.39 Å². The smallest absolute Gasteiger partial charge is 0.244 e. The van der Waals surface area contributed by atoms with E-state index in [4.69, 9.17) is 0 Å². The number of nitrogens with zero attached hydrogens (tertiary/aromatic N) is 3. The maximum absolute atomic E-state index is 13.4. The molecular weight excluding hydrogens is 305 g/mol. The van der Waals surface area contributed by atoms with Crippen LogP contribution in [0.4, 0.5) is 4.39 Å². The molecule has 0 aliphatic carbocycles. The minimum Gasteiger partial charge on any atom is -0.341 e. The van der Waals surface area contributed by atoms with Crippen molar-refractivity contribution in [1.82, 2.24) is 14.7 Å². The standard InChI is InChI=1S/C19H24FN3O/c1-13-8-16(4-5-18(13)20)10-17-6-7-22(11-17)19(24)12-23-15(3)9-14(2)21-23/h4-5,8-9,17H,6-7,10-12H2,1-3H3. The summed E-state index contributed by atoms with van der Waals surface area (Å²) in [7, 11) is 0. The second kappa shape index (κ2) is 6.75. The van der Waals surface area contributed by atoms with Crippen LogP contribution in [0.1, 0.15) is 28.9 Å². The fraction of sp³-hybridized carbons (Fsp3) is 0.474. The van der Waals surface area contributed by atoms with Crippen LogP contribution in [0.3, 0.4) is 0 Å². The van der Waals surface area contributed by atoms with Crippen molar-refractivity contribution in [2.75, 3.05) is 13.1 Å². The molecule has 1 unspecified atom stereocenters. The molecule has 1 aliphatic heterocycles. The summed E-state index contributed by atoms with van der Waals surface area (Å²) >= 11 is 0. The Balaban J connectivity index is 1.57. The second-order valence-corrected chi connectivity index (χ2v) is 6.87. The number of rotatable bonds is 4. The minimum absolute atomic E-state index is 0.124. The highest BCUT2D eigenvalue weighted by atomic mass is 19.1. The van der Waals surface area contributed by atoms with E-state index in [9.17, 15) is 9.18 Å². The lowest BCUT2D eigenvalue weighted by atomic mass is 9.97. The number of aromatic nitrogens is 2. The second-order valence-electron chi connectivity index (χ2n) is 6.87. The summed E-state index contributed by atoms with van der Waals surface area (Å²) in [6, 6.07) is 7.28. The number of likely N-dealkylation sites (tertiary alicyclic amines) is 1. The zero-order chi connectivity index (χ0) is 17.3. The van der Waals surface area contributed by atoms with Gasteiger partial charge in [-0.2, -0.15) is 5.10 Å². The molecule has 24 heavy (non-hydrogen) atoms. The Morgan fingerprint density at radius 3 is 2.75 bits per heavy atom. The summed E-state index contributed by atoms with van der Waals surface area (Å²) in [6.45, 7) is 7.57. The molecule has 5 heteroatoms.